The lowest BCUT2D eigenvalue weighted by molar-refractivity contribution is -0.131. The van der Waals surface area contributed by atoms with Gasteiger partial charge in [-0.1, -0.05) is 0 Å². The van der Waals surface area contributed by atoms with E-state index in [0.29, 0.717) is 19.8 Å². The van der Waals surface area contributed by atoms with Crippen LogP contribution in [0.1, 0.15) is 23.3 Å². The first kappa shape index (κ1) is 14.7. The zero-order chi connectivity index (χ0) is 14.4. The van der Waals surface area contributed by atoms with E-state index in [-0.39, 0.29) is 11.8 Å². The molecule has 6 heteroatoms. The van der Waals surface area contributed by atoms with Gasteiger partial charge in [0.1, 0.15) is 0 Å². The molecule has 0 unspecified atom stereocenters. The zero-order valence-corrected chi connectivity index (χ0v) is 11.8. The molecule has 2 N–H and O–H groups in total. The molecule has 0 spiro atoms. The molecule has 2 heterocycles. The summed E-state index contributed by atoms with van der Waals surface area (Å²) >= 11 is 1.51. The van der Waals surface area contributed by atoms with E-state index < -0.39 is 5.97 Å². The largest absolute Gasteiger partial charge is 0.478 e. The first-order valence-corrected chi connectivity index (χ1v) is 7.37. The van der Waals surface area contributed by atoms with Gasteiger partial charge in [-0.05, 0) is 35.9 Å². The summed E-state index contributed by atoms with van der Waals surface area (Å²) in [4.78, 5) is 23.4. The average molecular weight is 295 g/mol. The first-order valence-electron chi connectivity index (χ1n) is 6.49. The SMILES string of the molecule is O=C(O)C=Cc1csc(CNC(=O)C2CCOCC2)c1. The Morgan fingerprint density at radius 3 is 2.90 bits per heavy atom. The van der Waals surface area contributed by atoms with Gasteiger partial charge in [0.2, 0.25) is 5.91 Å². The highest BCUT2D eigenvalue weighted by Gasteiger charge is 2.21. The van der Waals surface area contributed by atoms with Crippen molar-refractivity contribution in [3.8, 4) is 0 Å². The number of carboxylic acid groups (broad SMARTS) is 1. The molecule has 20 heavy (non-hydrogen) atoms. The maximum absolute atomic E-state index is 11.9. The molecule has 1 amide bonds. The van der Waals surface area contributed by atoms with Crippen LogP contribution in [-0.4, -0.2) is 30.2 Å². The van der Waals surface area contributed by atoms with E-state index in [2.05, 4.69) is 5.32 Å². The minimum atomic E-state index is -0.967. The fraction of sp³-hybridized carbons (Fsp3) is 0.429. The second-order valence-electron chi connectivity index (χ2n) is 4.62. The van der Waals surface area contributed by atoms with Crippen molar-refractivity contribution < 1.29 is 19.4 Å². The van der Waals surface area contributed by atoms with E-state index in [4.69, 9.17) is 9.84 Å². The van der Waals surface area contributed by atoms with Gasteiger partial charge in [-0.15, -0.1) is 11.3 Å². The minimum absolute atomic E-state index is 0.0510. The predicted octanol–water partition coefficient (Wildman–Crippen LogP) is 1.89. The number of amides is 1. The number of hydrogen-bond acceptors (Lipinski definition) is 4. The molecule has 1 aromatic rings. The minimum Gasteiger partial charge on any atom is -0.478 e. The second-order valence-corrected chi connectivity index (χ2v) is 5.62. The molecule has 1 aliphatic heterocycles. The summed E-state index contributed by atoms with van der Waals surface area (Å²) in [5.74, 6) is -0.843. The van der Waals surface area contributed by atoms with Crippen molar-refractivity contribution in [2.45, 2.75) is 19.4 Å². The van der Waals surface area contributed by atoms with Crippen molar-refractivity contribution in [2.75, 3.05) is 13.2 Å². The summed E-state index contributed by atoms with van der Waals surface area (Å²) in [6.07, 6.45) is 4.21. The van der Waals surface area contributed by atoms with Gasteiger partial charge in [0, 0.05) is 30.1 Å². The summed E-state index contributed by atoms with van der Waals surface area (Å²) in [5, 5.41) is 13.3. The van der Waals surface area contributed by atoms with Crippen LogP contribution in [0.5, 0.6) is 0 Å². The number of thiophene rings is 1. The maximum atomic E-state index is 11.9. The van der Waals surface area contributed by atoms with E-state index in [1.54, 1.807) is 6.08 Å². The molecule has 1 saturated heterocycles. The van der Waals surface area contributed by atoms with Crippen molar-refractivity contribution in [1.82, 2.24) is 5.32 Å². The Bertz CT molecular complexity index is 503. The van der Waals surface area contributed by atoms with Gasteiger partial charge in [0.25, 0.3) is 0 Å². The van der Waals surface area contributed by atoms with Crippen LogP contribution in [0, 0.1) is 5.92 Å². The first-order chi connectivity index (χ1) is 9.65. The van der Waals surface area contributed by atoms with Gasteiger partial charge in [0.15, 0.2) is 0 Å². The van der Waals surface area contributed by atoms with Gasteiger partial charge >= 0.3 is 5.97 Å². The van der Waals surface area contributed by atoms with Crippen molar-refractivity contribution in [3.63, 3.8) is 0 Å². The molecule has 1 fully saturated rings. The Kier molecular flexibility index (Phi) is 5.31. The van der Waals surface area contributed by atoms with Crippen molar-refractivity contribution in [2.24, 2.45) is 5.92 Å². The van der Waals surface area contributed by atoms with Crippen LogP contribution >= 0.6 is 11.3 Å². The van der Waals surface area contributed by atoms with Gasteiger partial charge in [-0.2, -0.15) is 0 Å². The maximum Gasteiger partial charge on any atom is 0.328 e. The van der Waals surface area contributed by atoms with Crippen LogP contribution < -0.4 is 5.32 Å². The van der Waals surface area contributed by atoms with Gasteiger partial charge in [-0.25, -0.2) is 4.79 Å². The van der Waals surface area contributed by atoms with Crippen LogP contribution in [0.3, 0.4) is 0 Å². The number of rotatable bonds is 5. The Hall–Kier alpha value is -1.66. The number of carbonyl (C=O) groups excluding carboxylic acids is 1. The molecule has 2 rings (SSSR count). The third-order valence-electron chi connectivity index (χ3n) is 3.12. The van der Waals surface area contributed by atoms with Crippen LogP contribution in [0.2, 0.25) is 0 Å². The molecular formula is C14H17NO4S. The fourth-order valence-corrected chi connectivity index (χ4v) is 2.82. The molecule has 0 radical (unpaired) electrons. The van der Waals surface area contributed by atoms with Crippen molar-refractivity contribution in [3.05, 3.63) is 28.0 Å². The van der Waals surface area contributed by atoms with Crippen LogP contribution in [0.15, 0.2) is 17.5 Å². The molecule has 1 aromatic heterocycles. The molecule has 108 valence electrons. The number of aliphatic carboxylic acids is 1. The highest BCUT2D eigenvalue weighted by Crippen LogP contribution is 2.18. The molecule has 5 nitrogen and oxygen atoms in total. The number of hydrogen-bond donors (Lipinski definition) is 2. The summed E-state index contributed by atoms with van der Waals surface area (Å²) in [6, 6.07) is 1.88. The third kappa shape index (κ3) is 4.47. The summed E-state index contributed by atoms with van der Waals surface area (Å²) in [5.41, 5.74) is 0.840. The summed E-state index contributed by atoms with van der Waals surface area (Å²) in [7, 11) is 0. The molecule has 0 aromatic carbocycles. The highest BCUT2D eigenvalue weighted by molar-refractivity contribution is 7.10. The van der Waals surface area contributed by atoms with Crippen molar-refractivity contribution >= 4 is 29.3 Å². The number of ether oxygens (including phenoxy) is 1. The molecule has 0 bridgehead atoms. The van der Waals surface area contributed by atoms with Gasteiger partial charge in [-0.3, -0.25) is 4.79 Å². The lowest BCUT2D eigenvalue weighted by Crippen LogP contribution is -2.33. The van der Waals surface area contributed by atoms with Crippen LogP contribution in [-0.2, 0) is 20.9 Å². The lowest BCUT2D eigenvalue weighted by atomic mass is 9.99. The number of carbonyl (C=O) groups is 2. The smallest absolute Gasteiger partial charge is 0.328 e. The molecule has 0 saturated carbocycles. The zero-order valence-electron chi connectivity index (χ0n) is 11.0. The fourth-order valence-electron chi connectivity index (χ4n) is 2.02. The monoisotopic (exact) mass is 295 g/mol. The molecule has 0 atom stereocenters. The Morgan fingerprint density at radius 2 is 2.20 bits per heavy atom. The Balaban J connectivity index is 1.81. The topological polar surface area (TPSA) is 75.6 Å². The van der Waals surface area contributed by atoms with E-state index >= 15 is 0 Å². The number of nitrogens with one attached hydrogen (secondary N) is 1. The van der Waals surface area contributed by atoms with Crippen molar-refractivity contribution in [1.29, 1.82) is 0 Å². The lowest BCUT2D eigenvalue weighted by Gasteiger charge is -2.20. The van der Waals surface area contributed by atoms with Crippen LogP contribution in [0.4, 0.5) is 0 Å². The van der Waals surface area contributed by atoms with E-state index in [1.165, 1.54) is 11.3 Å². The average Bonchev–Trinajstić information content (AvgIpc) is 2.91. The summed E-state index contributed by atoms with van der Waals surface area (Å²) < 4.78 is 5.23. The quantitative estimate of drug-likeness (QED) is 0.813. The van der Waals surface area contributed by atoms with E-state index in [9.17, 15) is 9.59 Å². The predicted molar refractivity (Wildman–Crippen MR) is 76.4 cm³/mol. The third-order valence-corrected chi connectivity index (χ3v) is 4.08. The second kappa shape index (κ2) is 7.21. The molecule has 0 aliphatic carbocycles. The molecule has 1 aliphatic rings. The summed E-state index contributed by atoms with van der Waals surface area (Å²) in [6.45, 7) is 1.80. The van der Waals surface area contributed by atoms with Gasteiger partial charge < -0.3 is 15.2 Å². The standard InChI is InChI=1S/C14H17NO4S/c16-13(17)2-1-10-7-12(20-9-10)8-15-14(18)11-3-5-19-6-4-11/h1-2,7,9,11H,3-6,8H2,(H,15,18)(H,16,17). The van der Waals surface area contributed by atoms with E-state index in [1.807, 2.05) is 11.4 Å². The highest BCUT2D eigenvalue weighted by atomic mass is 32.1. The Morgan fingerprint density at radius 1 is 1.45 bits per heavy atom. The Labute approximate surface area is 121 Å². The van der Waals surface area contributed by atoms with E-state index in [0.717, 1.165) is 29.4 Å². The number of carboxylic acids is 1. The van der Waals surface area contributed by atoms with Gasteiger partial charge in [0.05, 0.1) is 6.54 Å². The van der Waals surface area contributed by atoms with Crippen LogP contribution in [0.25, 0.3) is 6.08 Å². The molecular weight excluding hydrogens is 278 g/mol. The normalized spacial score (nSPS) is 16.4.